The Morgan fingerprint density at radius 3 is 2.16 bits per heavy atom. The zero-order chi connectivity index (χ0) is 13.9. The Morgan fingerprint density at radius 2 is 1.58 bits per heavy atom. The summed E-state index contributed by atoms with van der Waals surface area (Å²) in [6, 6.07) is 14.1. The molecule has 0 bridgehead atoms. The minimum absolute atomic E-state index is 0.00474. The molecule has 0 amide bonds. The van der Waals surface area contributed by atoms with Crippen LogP contribution >= 0.6 is 0 Å². The van der Waals surface area contributed by atoms with E-state index >= 15 is 0 Å². The van der Waals surface area contributed by atoms with Crippen LogP contribution in [0.2, 0.25) is 0 Å². The fourth-order valence-electron chi connectivity index (χ4n) is 1.46. The van der Waals surface area contributed by atoms with Gasteiger partial charge in [0, 0.05) is 12.1 Å². The molecule has 0 atom stereocenters. The van der Waals surface area contributed by atoms with Crippen LogP contribution in [0.4, 0.5) is 5.69 Å². The molecule has 2 aromatic carbocycles. The molecule has 2 aromatic rings. The molecule has 0 aliphatic rings. The van der Waals surface area contributed by atoms with Gasteiger partial charge in [0.25, 0.3) is 0 Å². The van der Waals surface area contributed by atoms with Gasteiger partial charge in [0.2, 0.25) is 5.69 Å². The predicted octanol–water partition coefficient (Wildman–Crippen LogP) is 2.98. The zero-order valence-electron chi connectivity index (χ0n) is 10.2. The molecule has 5 nitrogen and oxygen atoms in total. The summed E-state index contributed by atoms with van der Waals surface area (Å²) in [5.41, 5.74) is 1.10. The quantitative estimate of drug-likeness (QED) is 0.491. The highest BCUT2D eigenvalue weighted by Gasteiger charge is 2.18. The average Bonchev–Trinajstić information content (AvgIpc) is 2.40. The molecule has 0 saturated heterocycles. The Hall–Kier alpha value is -2.21. The third-order valence-electron chi connectivity index (χ3n) is 2.48. The van der Waals surface area contributed by atoms with Crippen LogP contribution in [-0.4, -0.2) is 13.3 Å². The minimum atomic E-state index is -3.99. The van der Waals surface area contributed by atoms with Crippen molar-refractivity contribution in [3.8, 4) is 0 Å². The van der Waals surface area contributed by atoms with Gasteiger partial charge in [0.15, 0.2) is 0 Å². The molecular weight excluding hydrogens is 264 g/mol. The van der Waals surface area contributed by atoms with E-state index in [4.69, 9.17) is 0 Å². The molecule has 0 heterocycles. The van der Waals surface area contributed by atoms with E-state index in [0.29, 0.717) is 0 Å². The summed E-state index contributed by atoms with van der Waals surface area (Å²) < 4.78 is 27.1. The topological polar surface area (TPSA) is 72.6 Å². The summed E-state index contributed by atoms with van der Waals surface area (Å²) >= 11 is 0. The first kappa shape index (κ1) is 13.2. The molecular formula is C13H12N2O3S. The van der Waals surface area contributed by atoms with Gasteiger partial charge in [-0.1, -0.05) is 35.9 Å². The molecule has 0 N–H and O–H groups in total. The summed E-state index contributed by atoms with van der Waals surface area (Å²) in [6.07, 6.45) is 0. The van der Waals surface area contributed by atoms with Gasteiger partial charge in [-0.05, 0) is 23.9 Å². The number of sulfonamides is 1. The normalized spacial score (nSPS) is 12.4. The van der Waals surface area contributed by atoms with Crippen LogP contribution in [0, 0.1) is 12.1 Å². The average molecular weight is 276 g/mol. The Labute approximate surface area is 111 Å². The maximum Gasteiger partial charge on any atom is 0.337 e. The highest BCUT2D eigenvalue weighted by Crippen LogP contribution is 2.16. The Morgan fingerprint density at radius 1 is 1.00 bits per heavy atom. The van der Waals surface area contributed by atoms with Crippen LogP contribution < -0.4 is 0 Å². The van der Waals surface area contributed by atoms with Gasteiger partial charge in [0.1, 0.15) is 4.52 Å². The van der Waals surface area contributed by atoms with Crippen LogP contribution in [0.15, 0.2) is 64.0 Å². The third kappa shape index (κ3) is 3.17. The molecule has 19 heavy (non-hydrogen) atoms. The number of rotatable bonds is 3. The number of aryl methyl sites for hydroxylation is 1. The van der Waals surface area contributed by atoms with Gasteiger partial charge in [-0.3, -0.25) is 0 Å². The second-order valence-corrected chi connectivity index (χ2v) is 5.56. The molecule has 0 fully saturated rings. The van der Waals surface area contributed by atoms with E-state index in [9.17, 15) is 13.6 Å². The molecule has 0 aliphatic heterocycles. The Balaban J connectivity index is 2.39. The Kier molecular flexibility index (Phi) is 3.62. The molecule has 0 aromatic heterocycles. The standard InChI is InChI=1S/C13H12N2O3S/c1-11-7-9-13(10-8-11)19(17,18)14-15(16)12-5-3-2-4-6-12/h2-10H,1H3. The van der Waals surface area contributed by atoms with Gasteiger partial charge >= 0.3 is 10.0 Å². The van der Waals surface area contributed by atoms with Crippen LogP contribution in [0.1, 0.15) is 5.56 Å². The number of hydrogen-bond donors (Lipinski definition) is 0. The van der Waals surface area contributed by atoms with E-state index in [2.05, 4.69) is 4.52 Å². The second-order valence-electron chi connectivity index (χ2n) is 3.98. The molecule has 6 heteroatoms. The first-order chi connectivity index (χ1) is 8.99. The summed E-state index contributed by atoms with van der Waals surface area (Å²) in [5, 5.41) is 11.7. The van der Waals surface area contributed by atoms with Crippen LogP contribution in [0.25, 0.3) is 0 Å². The van der Waals surface area contributed by atoms with E-state index in [1.165, 1.54) is 24.3 Å². The van der Waals surface area contributed by atoms with Crippen molar-refractivity contribution >= 4 is 15.7 Å². The number of para-hydroxylation sites is 1. The smallest absolute Gasteiger partial charge is 0.337 e. The van der Waals surface area contributed by atoms with Crippen LogP contribution in [-0.2, 0) is 10.0 Å². The molecule has 0 radical (unpaired) electrons. The summed E-state index contributed by atoms with van der Waals surface area (Å²) in [4.78, 5) is 0.102. The van der Waals surface area contributed by atoms with Gasteiger partial charge in [-0.2, -0.15) is 8.42 Å². The fourth-order valence-corrected chi connectivity index (χ4v) is 2.32. The van der Waals surface area contributed by atoms with E-state index in [-0.39, 0.29) is 15.4 Å². The van der Waals surface area contributed by atoms with Crippen molar-refractivity contribution < 1.29 is 13.3 Å². The molecule has 2 rings (SSSR count). The second kappa shape index (κ2) is 5.19. The molecule has 0 saturated carbocycles. The lowest BCUT2D eigenvalue weighted by Gasteiger charge is -2.00. The van der Waals surface area contributed by atoms with E-state index in [1.807, 2.05) is 6.92 Å². The lowest BCUT2D eigenvalue weighted by molar-refractivity contribution is -0.430. The monoisotopic (exact) mass is 276 g/mol. The van der Waals surface area contributed by atoms with Crippen molar-refractivity contribution in [2.24, 2.45) is 4.52 Å². The van der Waals surface area contributed by atoms with Gasteiger partial charge in [-0.25, -0.2) is 0 Å². The van der Waals surface area contributed by atoms with Crippen molar-refractivity contribution in [2.75, 3.05) is 0 Å². The van der Waals surface area contributed by atoms with Crippen molar-refractivity contribution in [1.29, 1.82) is 0 Å². The maximum atomic E-state index is 11.9. The number of hydrogen-bond acceptors (Lipinski definition) is 3. The highest BCUT2D eigenvalue weighted by molar-refractivity contribution is 7.89. The lowest BCUT2D eigenvalue weighted by atomic mass is 10.2. The first-order valence-corrected chi connectivity index (χ1v) is 7.00. The zero-order valence-corrected chi connectivity index (χ0v) is 11.0. The number of nitrogens with zero attached hydrogens (tertiary/aromatic N) is 2. The fraction of sp³-hybridized carbons (Fsp3) is 0.0769. The van der Waals surface area contributed by atoms with Gasteiger partial charge in [-0.15, -0.1) is 0 Å². The maximum absolute atomic E-state index is 11.9. The Bertz CT molecular complexity index is 692. The van der Waals surface area contributed by atoms with Gasteiger partial charge in [0.05, 0.1) is 4.90 Å². The third-order valence-corrected chi connectivity index (χ3v) is 3.71. The van der Waals surface area contributed by atoms with E-state index < -0.39 is 10.0 Å². The van der Waals surface area contributed by atoms with Crippen LogP contribution in [0.5, 0.6) is 0 Å². The SMILES string of the molecule is Cc1ccc(S(=O)(=O)N=[N+]([O-])c2ccccc2)cc1. The highest BCUT2D eigenvalue weighted by atomic mass is 32.2. The van der Waals surface area contributed by atoms with Crippen LogP contribution in [0.3, 0.4) is 0 Å². The summed E-state index contributed by atoms with van der Waals surface area (Å²) in [5.74, 6) is 0. The van der Waals surface area contributed by atoms with Gasteiger partial charge < -0.3 is 5.21 Å². The molecule has 0 aliphatic carbocycles. The first-order valence-electron chi connectivity index (χ1n) is 5.56. The molecule has 0 unspecified atom stereocenters. The lowest BCUT2D eigenvalue weighted by Crippen LogP contribution is -2.02. The van der Waals surface area contributed by atoms with Crippen molar-refractivity contribution in [3.63, 3.8) is 0 Å². The minimum Gasteiger partial charge on any atom is -0.593 e. The number of benzene rings is 2. The summed E-state index contributed by atoms with van der Waals surface area (Å²) in [6.45, 7) is 1.84. The largest absolute Gasteiger partial charge is 0.593 e. The van der Waals surface area contributed by atoms with Crippen molar-refractivity contribution in [1.82, 2.24) is 0 Å². The molecule has 0 spiro atoms. The van der Waals surface area contributed by atoms with Crippen molar-refractivity contribution in [3.05, 3.63) is 65.4 Å². The predicted molar refractivity (Wildman–Crippen MR) is 70.5 cm³/mol. The van der Waals surface area contributed by atoms with E-state index in [1.54, 1.807) is 30.3 Å². The summed E-state index contributed by atoms with van der Waals surface area (Å²) in [7, 11) is -3.99. The molecule has 98 valence electrons. The van der Waals surface area contributed by atoms with Crippen molar-refractivity contribution in [2.45, 2.75) is 11.8 Å². The van der Waals surface area contributed by atoms with E-state index in [0.717, 1.165) is 5.56 Å².